The summed E-state index contributed by atoms with van der Waals surface area (Å²) in [4.78, 5) is 25.1. The van der Waals surface area contributed by atoms with Gasteiger partial charge >= 0.3 is 0 Å². The van der Waals surface area contributed by atoms with Gasteiger partial charge in [-0.25, -0.2) is 9.97 Å². The lowest BCUT2D eigenvalue weighted by molar-refractivity contribution is -0.914. The van der Waals surface area contributed by atoms with Gasteiger partial charge in [0.2, 0.25) is 5.95 Å². The van der Waals surface area contributed by atoms with Crippen LogP contribution in [0.25, 0.3) is 0 Å². The molecule has 0 aliphatic carbocycles. The van der Waals surface area contributed by atoms with E-state index in [1.54, 1.807) is 12.4 Å². The summed E-state index contributed by atoms with van der Waals surface area (Å²) in [6.07, 6.45) is 3.54. The molecule has 2 heterocycles. The molecule has 6 nitrogen and oxygen atoms in total. The quantitative estimate of drug-likeness (QED) is 0.842. The zero-order chi connectivity index (χ0) is 19.4. The Morgan fingerprint density at radius 2 is 1.78 bits per heavy atom. The smallest absolute Gasteiger partial charge is 0.282 e. The van der Waals surface area contributed by atoms with Crippen LogP contribution in [0.2, 0.25) is 0 Å². The molecule has 1 amide bonds. The van der Waals surface area contributed by atoms with Crippen LogP contribution >= 0.6 is 0 Å². The Morgan fingerprint density at radius 1 is 1.11 bits per heavy atom. The zero-order valence-corrected chi connectivity index (χ0v) is 16.7. The largest absolute Gasteiger partial charge is 0.330 e. The summed E-state index contributed by atoms with van der Waals surface area (Å²) in [6, 6.07) is 7.94. The van der Waals surface area contributed by atoms with Crippen LogP contribution in [0, 0.1) is 6.92 Å². The minimum atomic E-state index is -0.0940. The van der Waals surface area contributed by atoms with Crippen molar-refractivity contribution in [3.63, 3.8) is 0 Å². The van der Waals surface area contributed by atoms with Crippen LogP contribution in [0.3, 0.4) is 0 Å². The molecular formula is C21H30N5O+. The van der Waals surface area contributed by atoms with Crippen molar-refractivity contribution in [1.82, 2.24) is 9.97 Å². The van der Waals surface area contributed by atoms with Gasteiger partial charge in [-0.15, -0.1) is 0 Å². The monoisotopic (exact) mass is 368 g/mol. The summed E-state index contributed by atoms with van der Waals surface area (Å²) >= 11 is 0. The maximum Gasteiger partial charge on any atom is 0.282 e. The number of nitrogens with one attached hydrogen (secondary N) is 2. The predicted molar refractivity (Wildman–Crippen MR) is 108 cm³/mol. The number of quaternary nitrogens is 1. The van der Waals surface area contributed by atoms with Crippen LogP contribution < -0.4 is 15.1 Å². The third kappa shape index (κ3) is 4.45. The summed E-state index contributed by atoms with van der Waals surface area (Å²) in [7, 11) is 0. The highest BCUT2D eigenvalue weighted by Crippen LogP contribution is 2.27. The van der Waals surface area contributed by atoms with Gasteiger partial charge in [-0.1, -0.05) is 32.0 Å². The Labute approximate surface area is 161 Å². The van der Waals surface area contributed by atoms with Gasteiger partial charge < -0.3 is 15.1 Å². The third-order valence-corrected chi connectivity index (χ3v) is 5.42. The maximum atomic E-state index is 12.9. The number of hydrogen-bond acceptors (Lipinski definition) is 4. The van der Waals surface area contributed by atoms with Gasteiger partial charge in [0.15, 0.2) is 6.04 Å². The predicted octanol–water partition coefficient (Wildman–Crippen LogP) is 1.64. The second kappa shape index (κ2) is 8.48. The summed E-state index contributed by atoms with van der Waals surface area (Å²) in [5, 5.41) is 3.20. The lowest BCUT2D eigenvalue weighted by Crippen LogP contribution is -3.19. The van der Waals surface area contributed by atoms with E-state index < -0.39 is 0 Å². The van der Waals surface area contributed by atoms with Gasteiger partial charge in [-0.3, -0.25) is 4.79 Å². The highest BCUT2D eigenvalue weighted by Gasteiger charge is 2.30. The molecule has 1 aliphatic rings. The molecule has 2 aromatic rings. The van der Waals surface area contributed by atoms with E-state index in [9.17, 15) is 4.79 Å². The molecule has 0 unspecified atom stereocenters. The number of piperazine rings is 1. The Balaban J connectivity index is 1.62. The molecule has 2 N–H and O–H groups in total. The molecule has 1 saturated heterocycles. The van der Waals surface area contributed by atoms with E-state index in [-0.39, 0.29) is 11.9 Å². The van der Waals surface area contributed by atoms with Gasteiger partial charge in [-0.05, 0) is 37.0 Å². The van der Waals surface area contributed by atoms with Crippen LogP contribution in [-0.2, 0) is 4.79 Å². The average Bonchev–Trinajstić information content (AvgIpc) is 2.69. The van der Waals surface area contributed by atoms with Gasteiger partial charge in [0.25, 0.3) is 5.91 Å². The van der Waals surface area contributed by atoms with Crippen molar-refractivity contribution in [2.45, 2.75) is 39.7 Å². The van der Waals surface area contributed by atoms with Gasteiger partial charge in [0, 0.05) is 18.1 Å². The first kappa shape index (κ1) is 19.3. The minimum Gasteiger partial charge on any atom is -0.330 e. The number of rotatable bonds is 5. The average molecular weight is 369 g/mol. The highest BCUT2D eigenvalue weighted by atomic mass is 16.2. The molecule has 0 saturated carbocycles. The first-order valence-electron chi connectivity index (χ1n) is 9.74. The van der Waals surface area contributed by atoms with E-state index in [1.807, 2.05) is 13.0 Å². The number of carbonyl (C=O) groups is 1. The third-order valence-electron chi connectivity index (χ3n) is 5.42. The lowest BCUT2D eigenvalue weighted by Gasteiger charge is -2.34. The molecule has 1 aromatic carbocycles. The van der Waals surface area contributed by atoms with Gasteiger partial charge in [0.1, 0.15) is 0 Å². The van der Waals surface area contributed by atoms with Crippen LogP contribution in [0.4, 0.5) is 11.6 Å². The number of aromatic nitrogens is 2. The van der Waals surface area contributed by atoms with E-state index in [0.717, 1.165) is 43.4 Å². The van der Waals surface area contributed by atoms with Crippen LogP contribution in [-0.4, -0.2) is 48.1 Å². The zero-order valence-electron chi connectivity index (χ0n) is 16.7. The van der Waals surface area contributed by atoms with E-state index >= 15 is 0 Å². The molecule has 0 bridgehead atoms. The molecule has 6 heteroatoms. The highest BCUT2D eigenvalue weighted by molar-refractivity contribution is 5.95. The fourth-order valence-corrected chi connectivity index (χ4v) is 3.64. The normalized spacial score (nSPS) is 16.4. The molecule has 0 radical (unpaired) electrons. The molecule has 3 rings (SSSR count). The number of hydrogen-bond donors (Lipinski definition) is 2. The van der Waals surface area contributed by atoms with Crippen molar-refractivity contribution >= 4 is 17.5 Å². The number of anilines is 2. The Kier molecular flexibility index (Phi) is 6.06. The minimum absolute atomic E-state index is 0.0885. The number of para-hydroxylation sites is 1. The fraction of sp³-hybridized carbons (Fsp3) is 0.476. The fourth-order valence-electron chi connectivity index (χ4n) is 3.64. The second-order valence-electron chi connectivity index (χ2n) is 7.60. The molecule has 1 fully saturated rings. The summed E-state index contributed by atoms with van der Waals surface area (Å²) in [5.74, 6) is 1.23. The van der Waals surface area contributed by atoms with E-state index in [4.69, 9.17) is 0 Å². The molecule has 0 spiro atoms. The Hall–Kier alpha value is -2.47. The first-order chi connectivity index (χ1) is 13.0. The molecule has 1 atom stereocenters. The number of amides is 1. The number of aryl methyl sites for hydroxylation is 1. The SMILES string of the molecule is Cc1cccc(C(C)C)c1NC(=O)[C@H](C)[NH+]1CCN(c2ncccn2)CC1. The standard InChI is InChI=1S/C21H29N5O/c1-15(2)18-8-5-7-16(3)19(18)24-20(27)17(4)25-11-13-26(14-12-25)21-22-9-6-10-23-21/h5-10,15,17H,11-14H2,1-4H3,(H,24,27)/p+1/t17-/m0/s1. The maximum absolute atomic E-state index is 12.9. The lowest BCUT2D eigenvalue weighted by atomic mass is 9.98. The van der Waals surface area contributed by atoms with E-state index in [0.29, 0.717) is 5.92 Å². The molecule has 144 valence electrons. The van der Waals surface area contributed by atoms with E-state index in [2.05, 4.69) is 59.2 Å². The van der Waals surface area contributed by atoms with Crippen LogP contribution in [0.5, 0.6) is 0 Å². The van der Waals surface area contributed by atoms with Crippen LogP contribution in [0.15, 0.2) is 36.7 Å². The van der Waals surface area contributed by atoms with Crippen molar-refractivity contribution in [2.24, 2.45) is 0 Å². The molecule has 27 heavy (non-hydrogen) atoms. The molecule has 1 aromatic heterocycles. The van der Waals surface area contributed by atoms with Gasteiger partial charge in [-0.2, -0.15) is 0 Å². The topological polar surface area (TPSA) is 62.6 Å². The number of benzene rings is 1. The van der Waals surface area contributed by atoms with Crippen molar-refractivity contribution in [3.05, 3.63) is 47.8 Å². The Morgan fingerprint density at radius 3 is 2.41 bits per heavy atom. The number of carbonyl (C=O) groups excluding carboxylic acids is 1. The van der Waals surface area contributed by atoms with Crippen molar-refractivity contribution in [2.75, 3.05) is 36.4 Å². The summed E-state index contributed by atoms with van der Waals surface area (Å²) in [5.41, 5.74) is 3.28. The van der Waals surface area contributed by atoms with Crippen LogP contribution in [0.1, 0.15) is 37.8 Å². The van der Waals surface area contributed by atoms with Crippen molar-refractivity contribution < 1.29 is 9.69 Å². The Bertz CT molecular complexity index is 769. The van der Waals surface area contributed by atoms with Gasteiger partial charge in [0.05, 0.1) is 26.2 Å². The number of nitrogens with zero attached hydrogens (tertiary/aromatic N) is 3. The summed E-state index contributed by atoms with van der Waals surface area (Å²) in [6.45, 7) is 11.9. The van der Waals surface area contributed by atoms with E-state index in [1.165, 1.54) is 10.5 Å². The molecule has 1 aliphatic heterocycles. The summed E-state index contributed by atoms with van der Waals surface area (Å²) < 4.78 is 0. The van der Waals surface area contributed by atoms with Crippen molar-refractivity contribution in [3.8, 4) is 0 Å². The second-order valence-corrected chi connectivity index (χ2v) is 7.60. The first-order valence-corrected chi connectivity index (χ1v) is 9.74. The molecular weight excluding hydrogens is 338 g/mol. The van der Waals surface area contributed by atoms with Crippen molar-refractivity contribution in [1.29, 1.82) is 0 Å².